The minimum Gasteiger partial charge on any atom is -0.465 e. The number of hydrogen-bond donors (Lipinski definition) is 1. The molecule has 1 N–H and O–H groups in total. The van der Waals surface area contributed by atoms with E-state index in [2.05, 4.69) is 10.3 Å². The number of benzene rings is 1. The maximum Gasteiger partial charge on any atom is 0.337 e. The highest BCUT2D eigenvalue weighted by Crippen LogP contribution is 2.29. The van der Waals surface area contributed by atoms with Crippen LogP contribution < -0.4 is 5.32 Å². The summed E-state index contributed by atoms with van der Waals surface area (Å²) in [6.45, 7) is 0.562. The van der Waals surface area contributed by atoms with E-state index in [1.165, 1.54) is 34.1 Å². The number of nitrogens with zero attached hydrogens (tertiary/aromatic N) is 2. The molecule has 3 aromatic rings. The van der Waals surface area contributed by atoms with Crippen molar-refractivity contribution >= 4 is 49.7 Å². The number of esters is 1. The van der Waals surface area contributed by atoms with Crippen molar-refractivity contribution in [3.63, 3.8) is 0 Å². The number of sulfonamides is 1. The average molecular weight is 492 g/mol. The van der Waals surface area contributed by atoms with Crippen LogP contribution in [-0.2, 0) is 19.6 Å². The lowest BCUT2D eigenvalue weighted by molar-refractivity contribution is -0.120. The standard InChI is InChI=1S/C21H21N3O5S3/c1-29-20(26)15-8-6-14(7-9-15)17-13-31-21(22-17)23-19(25)16-4-2-10-24(12-16)32(27,28)18-5-3-11-30-18/h3,5-9,11,13,16H,2,4,10,12H2,1H3,(H,22,23,25). The third-order valence-corrected chi connectivity index (χ3v) is 9.18. The number of rotatable bonds is 6. The van der Waals surface area contributed by atoms with Gasteiger partial charge in [0.1, 0.15) is 4.21 Å². The Bertz CT molecular complexity index is 1200. The SMILES string of the molecule is COC(=O)c1ccc(-c2csc(NC(=O)C3CCCN(S(=O)(=O)c4cccs4)C3)n2)cc1. The molecule has 2 aromatic heterocycles. The fraction of sp³-hybridized carbons (Fsp3) is 0.286. The number of thiophene rings is 1. The van der Waals surface area contributed by atoms with Crippen molar-refractivity contribution in [1.29, 1.82) is 0 Å². The molecule has 3 heterocycles. The summed E-state index contributed by atoms with van der Waals surface area (Å²) in [5.74, 6) is -1.09. The van der Waals surface area contributed by atoms with Crippen LogP contribution in [0.1, 0.15) is 23.2 Å². The first-order valence-electron chi connectivity index (χ1n) is 9.87. The number of anilines is 1. The monoisotopic (exact) mass is 491 g/mol. The molecule has 1 fully saturated rings. The molecule has 1 aromatic carbocycles. The summed E-state index contributed by atoms with van der Waals surface area (Å²) in [6, 6.07) is 10.1. The van der Waals surface area contributed by atoms with Crippen molar-refractivity contribution in [1.82, 2.24) is 9.29 Å². The molecule has 1 aliphatic rings. The molecule has 168 valence electrons. The summed E-state index contributed by atoms with van der Waals surface area (Å²) < 4.78 is 32.0. The van der Waals surface area contributed by atoms with Gasteiger partial charge in [-0.15, -0.1) is 22.7 Å². The van der Waals surface area contributed by atoms with E-state index in [0.29, 0.717) is 40.0 Å². The molecule has 0 spiro atoms. The lowest BCUT2D eigenvalue weighted by atomic mass is 9.99. The van der Waals surface area contributed by atoms with E-state index >= 15 is 0 Å². The van der Waals surface area contributed by atoms with Gasteiger partial charge in [-0.2, -0.15) is 4.31 Å². The van der Waals surface area contributed by atoms with E-state index in [9.17, 15) is 18.0 Å². The van der Waals surface area contributed by atoms with Crippen molar-refractivity contribution in [2.45, 2.75) is 17.1 Å². The van der Waals surface area contributed by atoms with Crippen molar-refractivity contribution in [2.75, 3.05) is 25.5 Å². The van der Waals surface area contributed by atoms with E-state index in [0.717, 1.165) is 5.56 Å². The van der Waals surface area contributed by atoms with Gasteiger partial charge in [0.25, 0.3) is 10.0 Å². The normalized spacial score (nSPS) is 17.1. The first-order chi connectivity index (χ1) is 15.4. The van der Waals surface area contributed by atoms with Crippen LogP contribution in [0.15, 0.2) is 51.4 Å². The van der Waals surface area contributed by atoms with Crippen LogP contribution >= 0.6 is 22.7 Å². The van der Waals surface area contributed by atoms with E-state index in [-0.39, 0.29) is 12.5 Å². The molecule has 0 aliphatic carbocycles. The second kappa shape index (κ2) is 9.49. The van der Waals surface area contributed by atoms with Crippen LogP contribution in [0, 0.1) is 5.92 Å². The lowest BCUT2D eigenvalue weighted by Gasteiger charge is -2.30. The number of aromatic nitrogens is 1. The van der Waals surface area contributed by atoms with Crippen LogP contribution in [0.4, 0.5) is 5.13 Å². The number of carbonyl (C=O) groups excluding carboxylic acids is 2. The minimum absolute atomic E-state index is 0.152. The Hall–Kier alpha value is -2.60. The highest BCUT2D eigenvalue weighted by molar-refractivity contribution is 7.91. The van der Waals surface area contributed by atoms with Gasteiger partial charge in [-0.05, 0) is 36.4 Å². The van der Waals surface area contributed by atoms with Gasteiger partial charge in [0.15, 0.2) is 5.13 Å². The van der Waals surface area contributed by atoms with E-state index < -0.39 is 21.9 Å². The number of amides is 1. The highest BCUT2D eigenvalue weighted by atomic mass is 32.2. The number of hydrogen-bond acceptors (Lipinski definition) is 8. The van der Waals surface area contributed by atoms with Crippen molar-refractivity contribution in [3.05, 3.63) is 52.7 Å². The number of carbonyl (C=O) groups is 2. The summed E-state index contributed by atoms with van der Waals surface area (Å²) in [5.41, 5.74) is 1.92. The van der Waals surface area contributed by atoms with Gasteiger partial charge in [-0.3, -0.25) is 4.79 Å². The zero-order valence-corrected chi connectivity index (χ0v) is 19.6. The van der Waals surface area contributed by atoms with Crippen LogP contribution in [0.25, 0.3) is 11.3 Å². The maximum atomic E-state index is 12.8. The smallest absolute Gasteiger partial charge is 0.337 e. The van der Waals surface area contributed by atoms with E-state index in [4.69, 9.17) is 4.74 Å². The maximum absolute atomic E-state index is 12.8. The largest absolute Gasteiger partial charge is 0.465 e. The predicted octanol–water partition coefficient (Wildman–Crippen LogP) is 3.70. The molecule has 1 saturated heterocycles. The van der Waals surface area contributed by atoms with E-state index in [1.54, 1.807) is 41.8 Å². The number of nitrogens with one attached hydrogen (secondary N) is 1. The van der Waals surface area contributed by atoms with Crippen molar-refractivity contribution in [3.8, 4) is 11.3 Å². The Balaban J connectivity index is 1.41. The van der Waals surface area contributed by atoms with Gasteiger partial charge in [0.2, 0.25) is 5.91 Å². The number of methoxy groups -OCH3 is 1. The molecule has 8 nitrogen and oxygen atoms in total. The van der Waals surface area contributed by atoms with E-state index in [1.807, 2.05) is 5.38 Å². The molecule has 32 heavy (non-hydrogen) atoms. The Morgan fingerprint density at radius 3 is 2.66 bits per heavy atom. The average Bonchev–Trinajstić information content (AvgIpc) is 3.52. The van der Waals surface area contributed by atoms with Gasteiger partial charge in [0.05, 0.1) is 24.3 Å². The Morgan fingerprint density at radius 2 is 1.97 bits per heavy atom. The molecule has 0 radical (unpaired) electrons. The number of thiazole rings is 1. The van der Waals surface area contributed by atoms with Crippen LogP contribution in [0.2, 0.25) is 0 Å². The molecule has 0 bridgehead atoms. The summed E-state index contributed by atoms with van der Waals surface area (Å²) in [7, 11) is -2.25. The fourth-order valence-electron chi connectivity index (χ4n) is 3.48. The summed E-state index contributed by atoms with van der Waals surface area (Å²) in [5, 5.41) is 6.81. The molecular formula is C21H21N3O5S3. The highest BCUT2D eigenvalue weighted by Gasteiger charge is 2.34. The Labute approximate surface area is 193 Å². The van der Waals surface area contributed by atoms with Gasteiger partial charge in [-0.25, -0.2) is 18.2 Å². The Kier molecular flexibility index (Phi) is 6.70. The Morgan fingerprint density at radius 1 is 1.19 bits per heavy atom. The number of piperidine rings is 1. The fourth-order valence-corrected chi connectivity index (χ4v) is 6.87. The molecule has 4 rings (SSSR count). The second-order valence-electron chi connectivity index (χ2n) is 7.23. The molecule has 1 amide bonds. The lowest BCUT2D eigenvalue weighted by Crippen LogP contribution is -2.43. The molecule has 1 unspecified atom stereocenters. The zero-order chi connectivity index (χ0) is 22.7. The zero-order valence-electron chi connectivity index (χ0n) is 17.2. The third kappa shape index (κ3) is 4.75. The van der Waals surface area contributed by atoms with Gasteiger partial charge >= 0.3 is 5.97 Å². The van der Waals surface area contributed by atoms with Crippen LogP contribution in [0.5, 0.6) is 0 Å². The van der Waals surface area contributed by atoms with Gasteiger partial charge in [0, 0.05) is 24.0 Å². The molecular weight excluding hydrogens is 470 g/mol. The molecule has 1 aliphatic heterocycles. The van der Waals surface area contributed by atoms with Crippen LogP contribution in [-0.4, -0.2) is 49.8 Å². The van der Waals surface area contributed by atoms with Crippen LogP contribution in [0.3, 0.4) is 0 Å². The molecule has 1 atom stereocenters. The second-order valence-corrected chi connectivity index (χ2v) is 11.2. The summed E-state index contributed by atoms with van der Waals surface area (Å²) in [4.78, 5) is 28.8. The molecule has 11 heteroatoms. The summed E-state index contributed by atoms with van der Waals surface area (Å²) in [6.07, 6.45) is 1.24. The van der Waals surface area contributed by atoms with Gasteiger partial charge < -0.3 is 10.1 Å². The first kappa shape index (κ1) is 22.6. The topological polar surface area (TPSA) is 106 Å². The predicted molar refractivity (Wildman–Crippen MR) is 123 cm³/mol. The molecule has 0 saturated carbocycles. The van der Waals surface area contributed by atoms with Gasteiger partial charge in [-0.1, -0.05) is 18.2 Å². The third-order valence-electron chi connectivity index (χ3n) is 5.18. The van der Waals surface area contributed by atoms with Crippen molar-refractivity contribution in [2.24, 2.45) is 5.92 Å². The minimum atomic E-state index is -3.58. The number of ether oxygens (including phenoxy) is 1. The van der Waals surface area contributed by atoms with Crippen molar-refractivity contribution < 1.29 is 22.7 Å². The first-order valence-corrected chi connectivity index (χ1v) is 13.1. The summed E-state index contributed by atoms with van der Waals surface area (Å²) >= 11 is 2.47. The quantitative estimate of drug-likeness (QED) is 0.527.